The fourth-order valence-electron chi connectivity index (χ4n) is 6.76. The molecule has 2 saturated heterocycles. The second-order valence-corrected chi connectivity index (χ2v) is 11.0. The van der Waals surface area contributed by atoms with Gasteiger partial charge in [-0.05, 0) is 60.5 Å². The van der Waals surface area contributed by atoms with Gasteiger partial charge in [-0.3, -0.25) is 9.69 Å². The summed E-state index contributed by atoms with van der Waals surface area (Å²) in [6.07, 6.45) is 3.99. The van der Waals surface area contributed by atoms with E-state index in [2.05, 4.69) is 52.0 Å². The number of para-hydroxylation sites is 1. The smallest absolute Gasteiger partial charge is 0.337 e. The van der Waals surface area contributed by atoms with Gasteiger partial charge in [0.25, 0.3) is 0 Å². The maximum absolute atomic E-state index is 14.4. The molecular formula is C29H33BrN2O4. The molecule has 2 fully saturated rings. The Morgan fingerprint density at radius 1 is 1.17 bits per heavy atom. The molecule has 3 heterocycles. The molecule has 190 valence electrons. The topological polar surface area (TPSA) is 59.1 Å². The number of nitrogens with zero attached hydrogens (tertiary/aromatic N) is 2. The number of piperidine rings is 1. The molecular weight excluding hydrogens is 520 g/mol. The van der Waals surface area contributed by atoms with E-state index < -0.39 is 5.41 Å². The first-order valence-electron chi connectivity index (χ1n) is 12.7. The molecule has 0 saturated carbocycles. The summed E-state index contributed by atoms with van der Waals surface area (Å²) >= 11 is 3.50. The Balaban J connectivity index is 1.54. The molecule has 4 atom stereocenters. The number of esters is 1. The third-order valence-corrected chi connectivity index (χ3v) is 8.99. The van der Waals surface area contributed by atoms with Crippen molar-refractivity contribution in [3.8, 4) is 0 Å². The first-order valence-corrected chi connectivity index (χ1v) is 13.4. The predicted octanol–water partition coefficient (Wildman–Crippen LogP) is 5.06. The highest BCUT2D eigenvalue weighted by molar-refractivity contribution is 9.10. The summed E-state index contributed by atoms with van der Waals surface area (Å²) in [4.78, 5) is 31.6. The molecule has 6 nitrogen and oxygen atoms in total. The van der Waals surface area contributed by atoms with Gasteiger partial charge >= 0.3 is 5.97 Å². The Labute approximate surface area is 221 Å². The SMILES string of the molecule is CC[C@H]1CN2CC[C@]3(C(=O)N(Cc4ccc(Br)cc4)c4ccccc43)C2C[C@@H]1/C(=C\OC)C(=O)OC. The molecule has 2 aromatic rings. The van der Waals surface area contributed by atoms with Crippen LogP contribution in [0.15, 0.2) is 64.8 Å². The molecule has 0 aliphatic carbocycles. The van der Waals surface area contributed by atoms with Crippen molar-refractivity contribution < 1.29 is 19.1 Å². The van der Waals surface area contributed by atoms with Crippen molar-refractivity contribution in [1.82, 2.24) is 4.90 Å². The monoisotopic (exact) mass is 552 g/mol. The van der Waals surface area contributed by atoms with Gasteiger partial charge in [-0.1, -0.05) is 59.6 Å². The highest BCUT2D eigenvalue weighted by Crippen LogP contribution is 2.55. The number of rotatable bonds is 6. The van der Waals surface area contributed by atoms with Gasteiger partial charge in [-0.15, -0.1) is 0 Å². The number of amides is 1. The molecule has 0 aromatic heterocycles. The van der Waals surface area contributed by atoms with Crippen molar-refractivity contribution >= 4 is 33.5 Å². The number of ether oxygens (including phenoxy) is 2. The number of carbonyl (C=O) groups excluding carboxylic acids is 2. The number of carbonyl (C=O) groups is 2. The molecule has 1 unspecified atom stereocenters. The van der Waals surface area contributed by atoms with Crippen LogP contribution in [-0.4, -0.2) is 50.1 Å². The third-order valence-electron chi connectivity index (χ3n) is 8.46. The van der Waals surface area contributed by atoms with Gasteiger partial charge in [-0.25, -0.2) is 4.79 Å². The zero-order valence-corrected chi connectivity index (χ0v) is 22.7. The van der Waals surface area contributed by atoms with Gasteiger partial charge in [0, 0.05) is 22.7 Å². The minimum Gasteiger partial charge on any atom is -0.504 e. The molecule has 0 bridgehead atoms. The second kappa shape index (κ2) is 10.0. The minimum atomic E-state index is -0.614. The molecule has 2 aromatic carbocycles. The summed E-state index contributed by atoms with van der Waals surface area (Å²) in [5.74, 6) is 0.0839. The van der Waals surface area contributed by atoms with E-state index in [1.807, 2.05) is 29.2 Å². The zero-order valence-electron chi connectivity index (χ0n) is 21.1. The Hall–Kier alpha value is -2.64. The lowest BCUT2D eigenvalue weighted by atomic mass is 9.67. The largest absolute Gasteiger partial charge is 0.504 e. The molecule has 36 heavy (non-hydrogen) atoms. The number of methoxy groups -OCH3 is 2. The summed E-state index contributed by atoms with van der Waals surface area (Å²) < 4.78 is 11.5. The molecule has 5 rings (SSSR count). The molecule has 0 radical (unpaired) electrons. The van der Waals surface area contributed by atoms with Crippen molar-refractivity contribution in [3.63, 3.8) is 0 Å². The van der Waals surface area contributed by atoms with Crippen LogP contribution in [0.1, 0.15) is 37.3 Å². The average Bonchev–Trinajstić information content (AvgIpc) is 3.39. The maximum atomic E-state index is 14.4. The lowest BCUT2D eigenvalue weighted by Gasteiger charge is -2.45. The normalized spacial score (nSPS) is 27.8. The average molecular weight is 553 g/mol. The van der Waals surface area contributed by atoms with Crippen molar-refractivity contribution in [2.45, 2.75) is 44.2 Å². The first-order chi connectivity index (χ1) is 17.4. The van der Waals surface area contributed by atoms with Gasteiger partial charge < -0.3 is 14.4 Å². The van der Waals surface area contributed by atoms with Crippen LogP contribution in [-0.2, 0) is 31.0 Å². The van der Waals surface area contributed by atoms with Crippen LogP contribution in [0.5, 0.6) is 0 Å². The van der Waals surface area contributed by atoms with Crippen LogP contribution in [0.3, 0.4) is 0 Å². The molecule has 1 amide bonds. The summed E-state index contributed by atoms with van der Waals surface area (Å²) in [6.45, 7) is 4.44. The van der Waals surface area contributed by atoms with Gasteiger partial charge in [0.15, 0.2) is 0 Å². The Kier molecular flexibility index (Phi) is 6.97. The Morgan fingerprint density at radius 3 is 2.61 bits per heavy atom. The highest BCUT2D eigenvalue weighted by Gasteiger charge is 2.62. The van der Waals surface area contributed by atoms with Crippen molar-refractivity contribution in [1.29, 1.82) is 0 Å². The summed E-state index contributed by atoms with van der Waals surface area (Å²) in [7, 11) is 2.97. The molecule has 3 aliphatic rings. The van der Waals surface area contributed by atoms with Crippen LogP contribution in [0.4, 0.5) is 5.69 Å². The molecule has 1 spiro atoms. The van der Waals surface area contributed by atoms with Gasteiger partial charge in [0.2, 0.25) is 5.91 Å². The zero-order chi connectivity index (χ0) is 25.4. The van der Waals surface area contributed by atoms with Crippen LogP contribution >= 0.6 is 15.9 Å². The number of anilines is 1. The maximum Gasteiger partial charge on any atom is 0.337 e. The highest BCUT2D eigenvalue weighted by atomic mass is 79.9. The van der Waals surface area contributed by atoms with E-state index in [0.717, 1.165) is 53.6 Å². The van der Waals surface area contributed by atoms with E-state index >= 15 is 0 Å². The molecule has 0 N–H and O–H groups in total. The van der Waals surface area contributed by atoms with Gasteiger partial charge in [0.1, 0.15) is 0 Å². The van der Waals surface area contributed by atoms with Gasteiger partial charge in [-0.2, -0.15) is 0 Å². The van der Waals surface area contributed by atoms with Crippen LogP contribution < -0.4 is 4.90 Å². The second-order valence-electron chi connectivity index (χ2n) is 10.1. The van der Waals surface area contributed by atoms with Crippen molar-refractivity contribution in [3.05, 3.63) is 76.0 Å². The number of hydrogen-bond acceptors (Lipinski definition) is 5. The number of hydrogen-bond donors (Lipinski definition) is 0. The van der Waals surface area contributed by atoms with Crippen LogP contribution in [0.25, 0.3) is 0 Å². The number of benzene rings is 2. The van der Waals surface area contributed by atoms with E-state index in [-0.39, 0.29) is 23.8 Å². The van der Waals surface area contributed by atoms with Crippen LogP contribution in [0, 0.1) is 11.8 Å². The van der Waals surface area contributed by atoms with Crippen molar-refractivity contribution in [2.75, 3.05) is 32.2 Å². The molecule has 3 aliphatic heterocycles. The predicted molar refractivity (Wildman–Crippen MR) is 142 cm³/mol. The van der Waals surface area contributed by atoms with E-state index in [0.29, 0.717) is 18.0 Å². The fraction of sp³-hybridized carbons (Fsp3) is 0.448. The van der Waals surface area contributed by atoms with Gasteiger partial charge in [0.05, 0.1) is 38.0 Å². The fourth-order valence-corrected chi connectivity index (χ4v) is 7.02. The summed E-state index contributed by atoms with van der Waals surface area (Å²) in [5, 5.41) is 0. The quantitative estimate of drug-likeness (QED) is 0.285. The first kappa shape index (κ1) is 25.0. The lowest BCUT2D eigenvalue weighted by Crippen LogP contribution is -2.54. The summed E-state index contributed by atoms with van der Waals surface area (Å²) in [5.41, 5.74) is 3.17. The standard InChI is InChI=1S/C29H33BrN2O4/c1-4-20-17-31-14-13-29(26(31)15-22(20)23(18-35-2)27(33)36-3)24-7-5-6-8-25(24)32(28(29)34)16-19-9-11-21(30)12-10-19/h5-12,18,20,22,26H,4,13-17H2,1-3H3/b23-18+/t20-,22-,26?,29+/m0/s1. The van der Waals surface area contributed by atoms with E-state index in [1.165, 1.54) is 7.11 Å². The van der Waals surface area contributed by atoms with E-state index in [4.69, 9.17) is 9.47 Å². The Morgan fingerprint density at radius 2 is 1.92 bits per heavy atom. The van der Waals surface area contributed by atoms with Crippen LogP contribution in [0.2, 0.25) is 0 Å². The summed E-state index contributed by atoms with van der Waals surface area (Å²) in [6, 6.07) is 16.4. The Bertz CT molecular complexity index is 1180. The number of halogens is 1. The minimum absolute atomic E-state index is 0.0128. The molecule has 7 heteroatoms. The third kappa shape index (κ3) is 3.97. The number of fused-ring (bicyclic) bond motifs is 4. The van der Waals surface area contributed by atoms with Crippen molar-refractivity contribution in [2.24, 2.45) is 11.8 Å². The van der Waals surface area contributed by atoms with E-state index in [9.17, 15) is 9.59 Å². The lowest BCUT2D eigenvalue weighted by molar-refractivity contribution is -0.137. The van der Waals surface area contributed by atoms with E-state index in [1.54, 1.807) is 13.4 Å².